The number of aliphatic hydroxyl groups excluding tert-OH is 1. The van der Waals surface area contributed by atoms with Gasteiger partial charge in [-0.05, 0) is 42.4 Å². The summed E-state index contributed by atoms with van der Waals surface area (Å²) in [6.07, 6.45) is 3.65. The number of carbonyl (C=O) groups is 1. The van der Waals surface area contributed by atoms with Gasteiger partial charge in [0.15, 0.2) is 5.76 Å². The Morgan fingerprint density at radius 3 is 2.64 bits per heavy atom. The van der Waals surface area contributed by atoms with E-state index in [0.717, 1.165) is 12.1 Å². The minimum absolute atomic E-state index is 0.00870. The van der Waals surface area contributed by atoms with Crippen molar-refractivity contribution < 1.29 is 19.4 Å². The molecule has 2 rings (SSSR count). The molecule has 0 radical (unpaired) electrons. The van der Waals surface area contributed by atoms with Crippen LogP contribution in [-0.2, 0) is 14.3 Å². The van der Waals surface area contributed by atoms with Crippen molar-refractivity contribution >= 4 is 11.6 Å². The zero-order valence-electron chi connectivity index (χ0n) is 15.3. The van der Waals surface area contributed by atoms with Gasteiger partial charge in [-0.15, -0.1) is 0 Å². The minimum Gasteiger partial charge on any atom is -0.459 e. The van der Waals surface area contributed by atoms with Crippen molar-refractivity contribution in [2.45, 2.75) is 46.3 Å². The van der Waals surface area contributed by atoms with Crippen LogP contribution in [-0.4, -0.2) is 30.5 Å². The van der Waals surface area contributed by atoms with E-state index in [-0.39, 0.29) is 23.8 Å². The summed E-state index contributed by atoms with van der Waals surface area (Å²) in [4.78, 5) is 12.6. The fourth-order valence-electron chi connectivity index (χ4n) is 2.66. The summed E-state index contributed by atoms with van der Waals surface area (Å²) in [6.45, 7) is 7.11. The largest absolute Gasteiger partial charge is 0.459 e. The maximum absolute atomic E-state index is 12.6. The number of nitrogens with one attached hydrogen (secondary N) is 1. The van der Waals surface area contributed by atoms with Gasteiger partial charge >= 0.3 is 0 Å². The molecular formula is C20H29NO4. The van der Waals surface area contributed by atoms with Crippen molar-refractivity contribution in [1.82, 2.24) is 0 Å². The molecule has 1 heterocycles. The average molecular weight is 347 g/mol. The standard InChI is InChI=1S/C20H29NO4/c1-20(2,3)15-13-17(19(23)21-16-9-5-4-6-10-16)25-18(14-15)24-12-8-7-11-22/h4-6,9-10,13,15,18,22H,7-8,11-12,14H2,1-3H3,(H,21,23)/t15-,18+/m1/s1. The summed E-state index contributed by atoms with van der Waals surface area (Å²) in [5, 5.41) is 11.7. The number of hydrogen-bond acceptors (Lipinski definition) is 4. The zero-order valence-corrected chi connectivity index (χ0v) is 15.3. The van der Waals surface area contributed by atoms with Crippen molar-refractivity contribution in [1.29, 1.82) is 0 Å². The topological polar surface area (TPSA) is 67.8 Å². The van der Waals surface area contributed by atoms with Crippen LogP contribution < -0.4 is 5.32 Å². The number of allylic oxidation sites excluding steroid dienone is 1. The van der Waals surface area contributed by atoms with Crippen LogP contribution in [0.25, 0.3) is 0 Å². The molecule has 2 atom stereocenters. The number of rotatable bonds is 7. The molecule has 1 aromatic rings. The van der Waals surface area contributed by atoms with Crippen molar-refractivity contribution in [2.75, 3.05) is 18.5 Å². The molecule has 0 saturated heterocycles. The SMILES string of the molecule is CC(C)(C)[C@@H]1C=C(C(=O)Nc2ccccc2)O[C@H](OCCCCO)C1. The van der Waals surface area contributed by atoms with Gasteiger partial charge < -0.3 is 19.9 Å². The van der Waals surface area contributed by atoms with Crippen LogP contribution in [0, 0.1) is 11.3 Å². The predicted octanol–water partition coefficient (Wildman–Crippen LogP) is 3.71. The molecule has 5 heteroatoms. The van der Waals surface area contributed by atoms with E-state index in [0.29, 0.717) is 25.2 Å². The minimum atomic E-state index is -0.440. The summed E-state index contributed by atoms with van der Waals surface area (Å²) in [7, 11) is 0. The lowest BCUT2D eigenvalue weighted by Crippen LogP contribution is -2.34. The number of para-hydroxylation sites is 1. The number of ether oxygens (including phenoxy) is 2. The van der Waals surface area contributed by atoms with Gasteiger partial charge in [0.05, 0.1) is 6.61 Å². The van der Waals surface area contributed by atoms with E-state index in [2.05, 4.69) is 26.1 Å². The number of carbonyl (C=O) groups excluding carboxylic acids is 1. The Bertz CT molecular complexity index is 577. The first-order valence-electron chi connectivity index (χ1n) is 8.87. The second-order valence-corrected chi connectivity index (χ2v) is 7.41. The molecule has 1 aromatic carbocycles. The lowest BCUT2D eigenvalue weighted by Gasteiger charge is -2.35. The number of amides is 1. The van der Waals surface area contributed by atoms with Gasteiger partial charge in [-0.25, -0.2) is 0 Å². The molecule has 0 aromatic heterocycles. The molecule has 0 bridgehead atoms. The van der Waals surface area contributed by atoms with Crippen LogP contribution in [0.15, 0.2) is 42.2 Å². The van der Waals surface area contributed by atoms with Crippen molar-refractivity contribution in [3.63, 3.8) is 0 Å². The van der Waals surface area contributed by atoms with E-state index in [4.69, 9.17) is 14.6 Å². The summed E-state index contributed by atoms with van der Waals surface area (Å²) in [5.74, 6) is 0.229. The Balaban J connectivity index is 2.05. The Morgan fingerprint density at radius 1 is 1.28 bits per heavy atom. The van der Waals surface area contributed by atoms with E-state index in [1.54, 1.807) is 0 Å². The van der Waals surface area contributed by atoms with Crippen molar-refractivity contribution in [3.05, 3.63) is 42.2 Å². The van der Waals surface area contributed by atoms with Crippen LogP contribution in [0.5, 0.6) is 0 Å². The van der Waals surface area contributed by atoms with Gasteiger partial charge in [0.25, 0.3) is 5.91 Å². The Labute approximate surface area is 150 Å². The van der Waals surface area contributed by atoms with Crippen LogP contribution in [0.1, 0.15) is 40.0 Å². The van der Waals surface area contributed by atoms with Gasteiger partial charge in [-0.1, -0.05) is 39.0 Å². The number of anilines is 1. The first-order chi connectivity index (χ1) is 11.9. The van der Waals surface area contributed by atoms with Crippen molar-refractivity contribution in [2.24, 2.45) is 11.3 Å². The smallest absolute Gasteiger partial charge is 0.290 e. The maximum atomic E-state index is 12.6. The Hall–Kier alpha value is -1.85. The first kappa shape index (κ1) is 19.5. The molecule has 1 aliphatic rings. The highest BCUT2D eigenvalue weighted by Gasteiger charge is 2.34. The molecule has 0 fully saturated rings. The third kappa shape index (κ3) is 6.18. The van der Waals surface area contributed by atoms with Crippen molar-refractivity contribution in [3.8, 4) is 0 Å². The van der Waals surface area contributed by atoms with Crippen LogP contribution >= 0.6 is 0 Å². The number of unbranched alkanes of at least 4 members (excludes halogenated alkanes) is 1. The molecule has 25 heavy (non-hydrogen) atoms. The molecule has 5 nitrogen and oxygen atoms in total. The highest BCUT2D eigenvalue weighted by Crippen LogP contribution is 2.36. The highest BCUT2D eigenvalue weighted by molar-refractivity contribution is 6.02. The lowest BCUT2D eigenvalue weighted by molar-refractivity contribution is -0.150. The van der Waals surface area contributed by atoms with Crippen LogP contribution in [0.4, 0.5) is 5.69 Å². The van der Waals surface area contributed by atoms with E-state index in [1.165, 1.54) is 0 Å². The van der Waals surface area contributed by atoms with E-state index < -0.39 is 6.29 Å². The van der Waals surface area contributed by atoms with Gasteiger partial charge in [-0.3, -0.25) is 4.79 Å². The second kappa shape index (κ2) is 9.02. The molecule has 0 saturated carbocycles. The third-order valence-corrected chi connectivity index (χ3v) is 4.28. The van der Waals surface area contributed by atoms with Crippen LogP contribution in [0.2, 0.25) is 0 Å². The van der Waals surface area contributed by atoms with Gasteiger partial charge in [0, 0.05) is 18.7 Å². The summed E-state index contributed by atoms with van der Waals surface area (Å²) in [5.41, 5.74) is 0.740. The van der Waals surface area contributed by atoms with Gasteiger partial charge in [0.2, 0.25) is 6.29 Å². The number of hydrogen-bond donors (Lipinski definition) is 2. The van der Waals surface area contributed by atoms with E-state index >= 15 is 0 Å². The molecule has 1 aliphatic heterocycles. The van der Waals surface area contributed by atoms with Gasteiger partial charge in [-0.2, -0.15) is 0 Å². The average Bonchev–Trinajstić information content (AvgIpc) is 2.58. The quantitative estimate of drug-likeness (QED) is 0.738. The monoisotopic (exact) mass is 347 g/mol. The van der Waals surface area contributed by atoms with E-state index in [1.807, 2.05) is 36.4 Å². The second-order valence-electron chi connectivity index (χ2n) is 7.41. The first-order valence-corrected chi connectivity index (χ1v) is 8.87. The number of benzene rings is 1. The maximum Gasteiger partial charge on any atom is 0.290 e. The molecule has 138 valence electrons. The molecule has 1 amide bonds. The fourth-order valence-corrected chi connectivity index (χ4v) is 2.66. The molecular weight excluding hydrogens is 318 g/mol. The van der Waals surface area contributed by atoms with E-state index in [9.17, 15) is 4.79 Å². The summed E-state index contributed by atoms with van der Waals surface area (Å²) < 4.78 is 11.6. The fraction of sp³-hybridized carbons (Fsp3) is 0.550. The third-order valence-electron chi connectivity index (χ3n) is 4.28. The normalized spacial score (nSPS) is 20.6. The van der Waals surface area contributed by atoms with Gasteiger partial charge in [0.1, 0.15) is 0 Å². The Kier molecular flexibility index (Phi) is 7.02. The number of aliphatic hydroxyl groups is 1. The molecule has 2 N–H and O–H groups in total. The molecule has 0 spiro atoms. The molecule has 0 aliphatic carbocycles. The molecule has 0 unspecified atom stereocenters. The summed E-state index contributed by atoms with van der Waals surface area (Å²) >= 11 is 0. The summed E-state index contributed by atoms with van der Waals surface area (Å²) in [6, 6.07) is 9.32. The lowest BCUT2D eigenvalue weighted by atomic mass is 9.77. The predicted molar refractivity (Wildman–Crippen MR) is 97.9 cm³/mol. The highest BCUT2D eigenvalue weighted by atomic mass is 16.7. The Morgan fingerprint density at radius 2 is 2.00 bits per heavy atom. The zero-order chi connectivity index (χ0) is 18.3. The van der Waals surface area contributed by atoms with Crippen LogP contribution in [0.3, 0.4) is 0 Å².